The first kappa shape index (κ1) is 13.1. The molecule has 0 bridgehead atoms. The molecule has 1 aliphatic rings. The summed E-state index contributed by atoms with van der Waals surface area (Å²) >= 11 is 8.28. The highest BCUT2D eigenvalue weighted by Crippen LogP contribution is 2.35. The number of halogens is 1. The predicted molar refractivity (Wildman–Crippen MR) is 76.1 cm³/mol. The fourth-order valence-corrected chi connectivity index (χ4v) is 3.56. The van der Waals surface area contributed by atoms with Crippen molar-refractivity contribution in [1.29, 1.82) is 0 Å². The van der Waals surface area contributed by atoms with Crippen LogP contribution in [0.3, 0.4) is 0 Å². The van der Waals surface area contributed by atoms with Gasteiger partial charge in [-0.05, 0) is 31.5 Å². The van der Waals surface area contributed by atoms with Crippen LogP contribution in [0.15, 0.2) is 18.2 Å². The smallest absolute Gasteiger partial charge is 0.0682 e. The van der Waals surface area contributed by atoms with Crippen LogP contribution in [0.25, 0.3) is 0 Å². The summed E-state index contributed by atoms with van der Waals surface area (Å²) in [6, 6.07) is 5.81. The molecule has 1 heterocycles. The summed E-state index contributed by atoms with van der Waals surface area (Å²) in [6.45, 7) is 6.61. The average Bonchev–Trinajstić information content (AvgIpc) is 2.27. The summed E-state index contributed by atoms with van der Waals surface area (Å²) in [5, 5.41) is 9.81. The molecule has 1 aromatic rings. The van der Waals surface area contributed by atoms with E-state index in [4.69, 9.17) is 16.7 Å². The maximum Gasteiger partial charge on any atom is 0.0682 e. The number of hydrogen-bond acceptors (Lipinski definition) is 3. The lowest BCUT2D eigenvalue weighted by Crippen LogP contribution is -2.43. The normalized spacial score (nSPS) is 19.4. The van der Waals surface area contributed by atoms with Crippen molar-refractivity contribution in [3.63, 3.8) is 0 Å². The first-order valence-electron chi connectivity index (χ1n) is 5.80. The minimum Gasteiger partial charge on any atom is -0.392 e. The monoisotopic (exact) mass is 271 g/mol. The molecule has 2 rings (SSSR count). The molecular weight excluding hydrogens is 254 g/mol. The molecule has 2 nitrogen and oxygen atoms in total. The van der Waals surface area contributed by atoms with E-state index in [2.05, 4.69) is 18.7 Å². The van der Waals surface area contributed by atoms with Crippen LogP contribution in [-0.2, 0) is 6.61 Å². The molecule has 0 radical (unpaired) electrons. The fraction of sp³-hybridized carbons (Fsp3) is 0.538. The van der Waals surface area contributed by atoms with Crippen molar-refractivity contribution in [2.75, 3.05) is 23.7 Å². The van der Waals surface area contributed by atoms with Crippen LogP contribution in [0, 0.1) is 0 Å². The van der Waals surface area contributed by atoms with E-state index in [1.807, 2.05) is 30.0 Å². The number of rotatable bonds is 2. The standard InChI is InChI=1S/C13H18ClNOS/c1-13(2)9-15(5-6-17-13)12-4-3-10(8-16)7-11(12)14/h3-4,7,16H,5-6,8-9H2,1-2H3. The van der Waals surface area contributed by atoms with E-state index in [-0.39, 0.29) is 11.4 Å². The maximum absolute atomic E-state index is 9.07. The molecule has 0 aliphatic carbocycles. The number of aliphatic hydroxyl groups excluding tert-OH is 1. The molecule has 1 N–H and O–H groups in total. The van der Waals surface area contributed by atoms with Crippen LogP contribution in [-0.4, -0.2) is 28.7 Å². The number of hydrogen-bond donors (Lipinski definition) is 1. The third-order valence-electron chi connectivity index (χ3n) is 2.96. The summed E-state index contributed by atoms with van der Waals surface area (Å²) in [5.41, 5.74) is 1.95. The van der Waals surface area contributed by atoms with Gasteiger partial charge in [0.15, 0.2) is 0 Å². The molecule has 0 amide bonds. The van der Waals surface area contributed by atoms with E-state index in [1.165, 1.54) is 0 Å². The molecule has 1 aliphatic heterocycles. The number of thioether (sulfide) groups is 1. The molecule has 1 aromatic carbocycles. The summed E-state index contributed by atoms with van der Waals surface area (Å²) < 4.78 is 0.275. The van der Waals surface area contributed by atoms with Crippen LogP contribution in [0.5, 0.6) is 0 Å². The van der Waals surface area contributed by atoms with E-state index >= 15 is 0 Å². The molecule has 4 heteroatoms. The summed E-state index contributed by atoms with van der Waals surface area (Å²) in [7, 11) is 0. The van der Waals surface area contributed by atoms with E-state index in [0.29, 0.717) is 0 Å². The molecule has 0 saturated carbocycles. The Labute approximate surface area is 112 Å². The Morgan fingerprint density at radius 1 is 1.47 bits per heavy atom. The number of aliphatic hydroxyl groups is 1. The summed E-state index contributed by atoms with van der Waals surface area (Å²) in [4.78, 5) is 2.33. The third-order valence-corrected chi connectivity index (χ3v) is 4.56. The van der Waals surface area contributed by atoms with Gasteiger partial charge in [-0.15, -0.1) is 0 Å². The Morgan fingerprint density at radius 3 is 2.82 bits per heavy atom. The molecule has 0 spiro atoms. The topological polar surface area (TPSA) is 23.5 Å². The average molecular weight is 272 g/mol. The van der Waals surface area contributed by atoms with Crippen LogP contribution in [0.2, 0.25) is 5.02 Å². The van der Waals surface area contributed by atoms with Gasteiger partial charge in [0.25, 0.3) is 0 Å². The quantitative estimate of drug-likeness (QED) is 0.894. The van der Waals surface area contributed by atoms with E-state index in [9.17, 15) is 0 Å². The van der Waals surface area contributed by atoms with Crippen molar-refractivity contribution in [2.45, 2.75) is 25.2 Å². The Morgan fingerprint density at radius 2 is 2.24 bits per heavy atom. The maximum atomic E-state index is 9.07. The first-order chi connectivity index (χ1) is 8.02. The Balaban J connectivity index is 2.22. The predicted octanol–water partition coefficient (Wildman–Crippen LogP) is 3.16. The van der Waals surface area contributed by atoms with Crippen LogP contribution < -0.4 is 4.90 Å². The van der Waals surface area contributed by atoms with Gasteiger partial charge < -0.3 is 10.0 Å². The Kier molecular flexibility index (Phi) is 3.91. The highest BCUT2D eigenvalue weighted by molar-refractivity contribution is 8.00. The minimum atomic E-state index is 0.0430. The molecular formula is C13H18ClNOS. The first-order valence-corrected chi connectivity index (χ1v) is 7.16. The second-order valence-corrected chi connectivity index (χ2v) is 7.18. The van der Waals surface area contributed by atoms with Gasteiger partial charge in [-0.3, -0.25) is 0 Å². The highest BCUT2D eigenvalue weighted by atomic mass is 35.5. The SMILES string of the molecule is CC1(C)CN(c2ccc(CO)cc2Cl)CCS1. The van der Waals surface area contributed by atoms with Gasteiger partial charge in [0.05, 0.1) is 17.3 Å². The van der Waals surface area contributed by atoms with Gasteiger partial charge in [0.2, 0.25) is 0 Å². The third kappa shape index (κ3) is 3.09. The van der Waals surface area contributed by atoms with Crippen molar-refractivity contribution < 1.29 is 5.11 Å². The van der Waals surface area contributed by atoms with E-state index in [1.54, 1.807) is 0 Å². The molecule has 1 saturated heterocycles. The zero-order valence-corrected chi connectivity index (χ0v) is 11.8. The zero-order chi connectivity index (χ0) is 12.5. The lowest BCUT2D eigenvalue weighted by atomic mass is 10.1. The lowest BCUT2D eigenvalue weighted by Gasteiger charge is -2.39. The van der Waals surface area contributed by atoms with Crippen molar-refractivity contribution in [1.82, 2.24) is 0 Å². The van der Waals surface area contributed by atoms with Crippen molar-refractivity contribution >= 4 is 29.1 Å². The van der Waals surface area contributed by atoms with Crippen LogP contribution >= 0.6 is 23.4 Å². The molecule has 1 fully saturated rings. The van der Waals surface area contributed by atoms with E-state index in [0.717, 1.165) is 35.1 Å². The molecule has 0 aromatic heterocycles. The van der Waals surface area contributed by atoms with Gasteiger partial charge in [-0.2, -0.15) is 11.8 Å². The molecule has 94 valence electrons. The largest absolute Gasteiger partial charge is 0.392 e. The lowest BCUT2D eigenvalue weighted by molar-refractivity contribution is 0.282. The van der Waals surface area contributed by atoms with Crippen LogP contribution in [0.4, 0.5) is 5.69 Å². The highest BCUT2D eigenvalue weighted by Gasteiger charge is 2.27. The van der Waals surface area contributed by atoms with Crippen LogP contribution in [0.1, 0.15) is 19.4 Å². The minimum absolute atomic E-state index is 0.0430. The van der Waals surface area contributed by atoms with Gasteiger partial charge in [-0.25, -0.2) is 0 Å². The van der Waals surface area contributed by atoms with Gasteiger partial charge in [-0.1, -0.05) is 17.7 Å². The van der Waals surface area contributed by atoms with Gasteiger partial charge in [0.1, 0.15) is 0 Å². The van der Waals surface area contributed by atoms with Crippen molar-refractivity contribution in [2.24, 2.45) is 0 Å². The molecule has 17 heavy (non-hydrogen) atoms. The number of benzene rings is 1. The Hall–Kier alpha value is -0.380. The van der Waals surface area contributed by atoms with Gasteiger partial charge >= 0.3 is 0 Å². The summed E-state index contributed by atoms with van der Waals surface area (Å²) in [5.74, 6) is 1.13. The zero-order valence-electron chi connectivity index (χ0n) is 10.2. The van der Waals surface area contributed by atoms with E-state index < -0.39 is 0 Å². The fourth-order valence-electron chi connectivity index (χ4n) is 2.13. The number of anilines is 1. The van der Waals surface area contributed by atoms with Crippen molar-refractivity contribution in [3.8, 4) is 0 Å². The molecule has 0 unspecified atom stereocenters. The second-order valence-electron chi connectivity index (χ2n) is 4.97. The summed E-state index contributed by atoms with van der Waals surface area (Å²) in [6.07, 6.45) is 0. The Bertz CT molecular complexity index is 408. The number of nitrogens with zero attached hydrogens (tertiary/aromatic N) is 1. The molecule has 0 atom stereocenters. The van der Waals surface area contributed by atoms with Crippen molar-refractivity contribution in [3.05, 3.63) is 28.8 Å². The second kappa shape index (κ2) is 5.09. The van der Waals surface area contributed by atoms with Gasteiger partial charge in [0, 0.05) is 23.6 Å².